The highest BCUT2D eigenvalue weighted by Crippen LogP contribution is 2.47. The van der Waals surface area contributed by atoms with Crippen molar-refractivity contribution in [2.45, 2.75) is 111 Å². The Labute approximate surface area is 310 Å². The smallest absolute Gasteiger partial charge is 0.224 e. The monoisotopic (exact) mass is 706 g/mol. The molecular formula is C45H58N2O5. The zero-order chi connectivity index (χ0) is 37.7. The van der Waals surface area contributed by atoms with Crippen molar-refractivity contribution in [2.75, 3.05) is 0 Å². The second-order valence-corrected chi connectivity index (χ2v) is 16.0. The first kappa shape index (κ1) is 40.4. The van der Waals surface area contributed by atoms with E-state index in [1.54, 1.807) is 0 Å². The van der Waals surface area contributed by atoms with Gasteiger partial charge in [-0.05, 0) is 73.5 Å². The number of rotatable bonds is 22. The summed E-state index contributed by atoms with van der Waals surface area (Å²) in [5.41, 5.74) is 2.49. The summed E-state index contributed by atoms with van der Waals surface area (Å²) in [6, 6.07) is 27.5. The molecule has 4 rings (SSSR count). The van der Waals surface area contributed by atoms with Crippen LogP contribution in [0.4, 0.5) is 0 Å². The lowest BCUT2D eigenvalue weighted by Crippen LogP contribution is -2.49. The van der Waals surface area contributed by atoms with Gasteiger partial charge in [-0.3, -0.25) is 24.0 Å². The van der Waals surface area contributed by atoms with Crippen LogP contribution in [0.25, 0.3) is 0 Å². The van der Waals surface area contributed by atoms with Gasteiger partial charge in [-0.25, -0.2) is 0 Å². The maximum absolute atomic E-state index is 14.2. The van der Waals surface area contributed by atoms with E-state index in [0.29, 0.717) is 32.1 Å². The van der Waals surface area contributed by atoms with E-state index in [0.717, 1.165) is 29.5 Å². The van der Waals surface area contributed by atoms with Gasteiger partial charge in [-0.2, -0.15) is 0 Å². The minimum Gasteiger partial charge on any atom is -0.346 e. The molecule has 2 amide bonds. The quantitative estimate of drug-likeness (QED) is 0.111. The highest BCUT2D eigenvalue weighted by molar-refractivity contribution is 5.97. The van der Waals surface area contributed by atoms with Gasteiger partial charge in [-0.15, -0.1) is 0 Å². The molecule has 7 nitrogen and oxygen atoms in total. The summed E-state index contributed by atoms with van der Waals surface area (Å²) in [6.07, 6.45) is 4.21. The minimum absolute atomic E-state index is 0.0312. The number of benzene rings is 3. The van der Waals surface area contributed by atoms with Crippen molar-refractivity contribution in [2.24, 2.45) is 29.1 Å². The van der Waals surface area contributed by atoms with Crippen molar-refractivity contribution in [3.63, 3.8) is 0 Å². The molecule has 7 heteroatoms. The Kier molecular flexibility index (Phi) is 15.1. The summed E-state index contributed by atoms with van der Waals surface area (Å²) >= 11 is 0. The Bertz CT molecular complexity index is 1620. The number of Topliss-reactive ketones (excluding diaryl/α,β-unsaturated/α-hetero) is 3. The molecule has 3 aromatic carbocycles. The number of hydrogen-bond donors (Lipinski definition) is 2. The molecule has 1 fully saturated rings. The molecule has 0 saturated heterocycles. The lowest BCUT2D eigenvalue weighted by atomic mass is 9.87. The fraction of sp³-hybridized carbons (Fsp3) is 0.489. The summed E-state index contributed by atoms with van der Waals surface area (Å²) in [5.74, 6) is -1.88. The van der Waals surface area contributed by atoms with Crippen molar-refractivity contribution in [1.82, 2.24) is 10.6 Å². The van der Waals surface area contributed by atoms with Crippen LogP contribution in [0, 0.1) is 29.1 Å². The Morgan fingerprint density at radius 1 is 0.615 bits per heavy atom. The molecule has 0 aromatic heterocycles. The number of nitrogens with one attached hydrogen (secondary N) is 2. The van der Waals surface area contributed by atoms with Crippen LogP contribution >= 0.6 is 0 Å². The van der Waals surface area contributed by atoms with E-state index in [1.165, 1.54) is 0 Å². The van der Waals surface area contributed by atoms with E-state index in [4.69, 9.17) is 0 Å². The predicted molar refractivity (Wildman–Crippen MR) is 206 cm³/mol. The first-order chi connectivity index (χ1) is 24.8. The van der Waals surface area contributed by atoms with Crippen LogP contribution < -0.4 is 10.6 Å². The maximum Gasteiger partial charge on any atom is 0.224 e. The van der Waals surface area contributed by atoms with Gasteiger partial charge in [-0.1, -0.05) is 126 Å². The van der Waals surface area contributed by atoms with Crippen LogP contribution in [0.2, 0.25) is 0 Å². The lowest BCUT2D eigenvalue weighted by Gasteiger charge is -2.27. The summed E-state index contributed by atoms with van der Waals surface area (Å²) < 4.78 is 0. The van der Waals surface area contributed by atoms with E-state index >= 15 is 0 Å². The summed E-state index contributed by atoms with van der Waals surface area (Å²) in [4.78, 5) is 69.1. The Morgan fingerprint density at radius 3 is 1.63 bits per heavy atom. The van der Waals surface area contributed by atoms with Crippen LogP contribution in [-0.2, 0) is 43.2 Å². The fourth-order valence-electron chi connectivity index (χ4n) is 6.90. The molecule has 278 valence electrons. The SMILES string of the molecule is CC(C)CC(NC(=O)[C@H](CCc1ccccc1)CC(=O)Cc1ccccc1)C(=O)C[C@@H](Cc1ccccc1)C(=O)NC(CC(C)C)C(=O)C1(C)CC1. The Balaban J connectivity index is 1.53. The first-order valence-electron chi connectivity index (χ1n) is 19.1. The number of carbonyl (C=O) groups is 5. The molecule has 2 unspecified atom stereocenters. The third kappa shape index (κ3) is 13.0. The van der Waals surface area contributed by atoms with Crippen LogP contribution in [0.15, 0.2) is 91.0 Å². The predicted octanol–water partition coefficient (Wildman–Crippen LogP) is 7.69. The van der Waals surface area contributed by atoms with Crippen molar-refractivity contribution in [3.8, 4) is 0 Å². The molecule has 1 saturated carbocycles. The second kappa shape index (κ2) is 19.4. The van der Waals surface area contributed by atoms with Crippen LogP contribution in [-0.4, -0.2) is 41.2 Å². The van der Waals surface area contributed by atoms with Crippen molar-refractivity contribution < 1.29 is 24.0 Å². The van der Waals surface area contributed by atoms with E-state index in [9.17, 15) is 24.0 Å². The first-order valence-corrected chi connectivity index (χ1v) is 19.1. The van der Waals surface area contributed by atoms with Gasteiger partial charge >= 0.3 is 0 Å². The van der Waals surface area contributed by atoms with Gasteiger partial charge in [0.05, 0.1) is 12.1 Å². The normalized spacial score (nSPS) is 15.7. The lowest BCUT2D eigenvalue weighted by molar-refractivity contribution is -0.135. The third-order valence-electron chi connectivity index (χ3n) is 10.2. The minimum atomic E-state index is -0.819. The average Bonchev–Trinajstić information content (AvgIpc) is 3.87. The van der Waals surface area contributed by atoms with Crippen LogP contribution in [0.3, 0.4) is 0 Å². The molecule has 0 aliphatic heterocycles. The molecule has 4 atom stereocenters. The molecule has 1 aliphatic rings. The molecule has 1 aliphatic carbocycles. The largest absolute Gasteiger partial charge is 0.346 e. The Morgan fingerprint density at radius 2 is 1.10 bits per heavy atom. The standard InChI is InChI=1S/C45H58N2O5/c1-31(2)25-39(46-43(51)36(22-21-33-15-9-6-10-16-33)29-38(48)28-35-19-13-8-14-20-35)41(49)30-37(27-34-17-11-7-12-18-34)44(52)47-40(26-32(3)4)42(50)45(5)23-24-45/h6-20,31-32,36-37,39-40H,21-30H2,1-5H3,(H,46,51)(H,47,52)/t36-,37-,39?,40?/m1/s1. The Hall–Kier alpha value is -4.39. The summed E-state index contributed by atoms with van der Waals surface area (Å²) in [7, 11) is 0. The molecule has 0 radical (unpaired) electrons. The number of amides is 2. The van der Waals surface area contributed by atoms with E-state index in [1.807, 2.05) is 126 Å². The summed E-state index contributed by atoms with van der Waals surface area (Å²) in [5, 5.41) is 6.12. The van der Waals surface area contributed by atoms with E-state index in [2.05, 4.69) is 10.6 Å². The van der Waals surface area contributed by atoms with Gasteiger partial charge in [0.15, 0.2) is 11.6 Å². The maximum atomic E-state index is 14.2. The zero-order valence-electron chi connectivity index (χ0n) is 31.7. The van der Waals surface area contributed by atoms with Crippen molar-refractivity contribution in [1.29, 1.82) is 0 Å². The van der Waals surface area contributed by atoms with Crippen molar-refractivity contribution >= 4 is 29.2 Å². The highest BCUT2D eigenvalue weighted by Gasteiger charge is 2.48. The van der Waals surface area contributed by atoms with Gasteiger partial charge in [0.2, 0.25) is 11.8 Å². The molecule has 52 heavy (non-hydrogen) atoms. The third-order valence-corrected chi connectivity index (χ3v) is 10.2. The molecule has 0 bridgehead atoms. The topological polar surface area (TPSA) is 109 Å². The number of carbonyl (C=O) groups excluding carboxylic acids is 5. The molecular weight excluding hydrogens is 649 g/mol. The number of hydrogen-bond acceptors (Lipinski definition) is 5. The van der Waals surface area contributed by atoms with Gasteiger partial charge in [0.1, 0.15) is 5.78 Å². The van der Waals surface area contributed by atoms with E-state index < -0.39 is 29.3 Å². The zero-order valence-corrected chi connectivity index (χ0v) is 31.7. The molecule has 3 aromatic rings. The second-order valence-electron chi connectivity index (χ2n) is 16.0. The van der Waals surface area contributed by atoms with Gasteiger partial charge < -0.3 is 10.6 Å². The highest BCUT2D eigenvalue weighted by atomic mass is 16.2. The fourth-order valence-corrected chi connectivity index (χ4v) is 6.90. The van der Waals surface area contributed by atoms with E-state index in [-0.39, 0.29) is 60.3 Å². The van der Waals surface area contributed by atoms with Gasteiger partial charge in [0, 0.05) is 36.5 Å². The summed E-state index contributed by atoms with van der Waals surface area (Å²) in [6.45, 7) is 10.0. The molecule has 2 N–H and O–H groups in total. The van der Waals surface area contributed by atoms with Crippen LogP contribution in [0.1, 0.15) is 96.3 Å². The number of ketones is 3. The van der Waals surface area contributed by atoms with Crippen molar-refractivity contribution in [3.05, 3.63) is 108 Å². The van der Waals surface area contributed by atoms with Gasteiger partial charge in [0.25, 0.3) is 0 Å². The molecule has 0 heterocycles. The average molecular weight is 707 g/mol. The van der Waals surface area contributed by atoms with Crippen LogP contribution in [0.5, 0.6) is 0 Å². The molecule has 0 spiro atoms. The number of aryl methyl sites for hydroxylation is 1.